The average molecular weight is 399 g/mol. The summed E-state index contributed by atoms with van der Waals surface area (Å²) in [6.45, 7) is 5.68. The van der Waals surface area contributed by atoms with Gasteiger partial charge >= 0.3 is 0 Å². The van der Waals surface area contributed by atoms with Crippen LogP contribution in [0.5, 0.6) is 0 Å². The lowest BCUT2D eigenvalue weighted by Gasteiger charge is -2.33. The van der Waals surface area contributed by atoms with Crippen LogP contribution < -0.4 is 10.6 Å². The molecule has 3 rings (SSSR count). The van der Waals surface area contributed by atoms with Crippen LogP contribution in [0.3, 0.4) is 0 Å². The second kappa shape index (κ2) is 12.3. The number of benzene rings is 1. The zero-order valence-electron chi connectivity index (χ0n) is 17.5. The molecule has 1 saturated heterocycles. The zero-order valence-corrected chi connectivity index (χ0v) is 17.5. The van der Waals surface area contributed by atoms with Crippen LogP contribution in [0.2, 0.25) is 0 Å². The summed E-state index contributed by atoms with van der Waals surface area (Å²) in [6, 6.07) is 14.8. The van der Waals surface area contributed by atoms with E-state index in [1.54, 1.807) is 13.4 Å². The van der Waals surface area contributed by atoms with Gasteiger partial charge in [-0.1, -0.05) is 30.3 Å². The van der Waals surface area contributed by atoms with Gasteiger partial charge in [-0.3, -0.25) is 0 Å². The summed E-state index contributed by atoms with van der Waals surface area (Å²) in [5.74, 6) is 1.88. The van der Waals surface area contributed by atoms with E-state index in [2.05, 4.69) is 39.8 Å². The number of rotatable bonds is 10. The maximum Gasteiger partial charge on any atom is 0.191 e. The van der Waals surface area contributed by atoms with Gasteiger partial charge in [-0.2, -0.15) is 0 Å². The van der Waals surface area contributed by atoms with Crippen molar-refractivity contribution in [2.75, 3.05) is 39.9 Å². The summed E-state index contributed by atoms with van der Waals surface area (Å²) in [5.41, 5.74) is 1.22. The first kappa shape index (κ1) is 21.4. The molecule has 0 radical (unpaired) electrons. The van der Waals surface area contributed by atoms with Gasteiger partial charge in [0, 0.05) is 52.4 Å². The summed E-state index contributed by atoms with van der Waals surface area (Å²) in [5, 5.41) is 7.13. The molecule has 1 aromatic heterocycles. The van der Waals surface area contributed by atoms with Crippen molar-refractivity contribution in [1.82, 2.24) is 15.5 Å². The topological polar surface area (TPSA) is 62.0 Å². The predicted octanol–water partition coefficient (Wildman–Crippen LogP) is 3.06. The van der Waals surface area contributed by atoms with Crippen molar-refractivity contribution < 1.29 is 9.15 Å². The minimum Gasteiger partial charge on any atom is -0.469 e. The highest BCUT2D eigenvalue weighted by Gasteiger charge is 2.19. The fourth-order valence-electron chi connectivity index (χ4n) is 3.59. The highest BCUT2D eigenvalue weighted by Crippen LogP contribution is 2.11. The van der Waals surface area contributed by atoms with Crippen molar-refractivity contribution in [3.8, 4) is 0 Å². The summed E-state index contributed by atoms with van der Waals surface area (Å²) in [7, 11) is 1.77. The second-order valence-electron chi connectivity index (χ2n) is 7.51. The first-order valence-corrected chi connectivity index (χ1v) is 10.7. The molecule has 6 heteroatoms. The van der Waals surface area contributed by atoms with Gasteiger partial charge in [0.1, 0.15) is 5.76 Å². The fraction of sp³-hybridized carbons (Fsp3) is 0.522. The van der Waals surface area contributed by atoms with Crippen molar-refractivity contribution in [1.29, 1.82) is 0 Å². The van der Waals surface area contributed by atoms with E-state index in [1.807, 2.05) is 18.2 Å². The molecule has 0 saturated carbocycles. The number of furan rings is 1. The van der Waals surface area contributed by atoms with Crippen LogP contribution in [0.4, 0.5) is 0 Å². The van der Waals surface area contributed by atoms with Crippen LogP contribution in [0, 0.1) is 0 Å². The molecule has 2 N–H and O–H groups in total. The number of aliphatic imine (C=N–C) groups is 1. The van der Waals surface area contributed by atoms with Crippen molar-refractivity contribution in [3.63, 3.8) is 0 Å². The largest absolute Gasteiger partial charge is 0.469 e. The Kier molecular flexibility index (Phi) is 9.07. The molecule has 1 aliphatic rings. The summed E-state index contributed by atoms with van der Waals surface area (Å²) in [6.07, 6.45) is 5.94. The van der Waals surface area contributed by atoms with E-state index in [-0.39, 0.29) is 0 Å². The second-order valence-corrected chi connectivity index (χ2v) is 7.51. The first-order valence-electron chi connectivity index (χ1n) is 10.7. The maximum absolute atomic E-state index is 5.43. The van der Waals surface area contributed by atoms with Gasteiger partial charge in [0.05, 0.1) is 12.8 Å². The van der Waals surface area contributed by atoms with Crippen LogP contribution in [-0.4, -0.2) is 56.8 Å². The molecule has 0 spiro atoms. The molecule has 2 aromatic rings. The maximum atomic E-state index is 5.43. The van der Waals surface area contributed by atoms with E-state index in [0.29, 0.717) is 12.6 Å². The number of piperidine rings is 1. The highest BCUT2D eigenvalue weighted by molar-refractivity contribution is 5.80. The Morgan fingerprint density at radius 1 is 1.17 bits per heavy atom. The lowest BCUT2D eigenvalue weighted by Crippen LogP contribution is -2.49. The standard InChI is InChI=1S/C23H34N4O2/c1-28-17-6-14-27-15-11-21(12-16-27)26-23(24-13-10-22-9-5-18-29-22)25-19-20-7-3-2-4-8-20/h2-5,7-9,18,21H,6,10-17,19H2,1H3,(H2,24,25,26). The van der Waals surface area contributed by atoms with Crippen LogP contribution in [0.15, 0.2) is 58.1 Å². The van der Waals surface area contributed by atoms with Gasteiger partial charge < -0.3 is 24.7 Å². The third-order valence-corrected chi connectivity index (χ3v) is 5.26. The fourth-order valence-corrected chi connectivity index (χ4v) is 3.59. The number of hydrogen-bond donors (Lipinski definition) is 2. The molecule has 1 aliphatic heterocycles. The van der Waals surface area contributed by atoms with Gasteiger partial charge in [-0.25, -0.2) is 4.99 Å². The van der Waals surface area contributed by atoms with Gasteiger partial charge in [0.25, 0.3) is 0 Å². The Labute approximate surface area is 174 Å². The Morgan fingerprint density at radius 2 is 2.00 bits per heavy atom. The molecule has 2 heterocycles. The Morgan fingerprint density at radius 3 is 2.72 bits per heavy atom. The lowest BCUT2D eigenvalue weighted by atomic mass is 10.1. The highest BCUT2D eigenvalue weighted by atomic mass is 16.5. The Balaban J connectivity index is 1.49. The van der Waals surface area contributed by atoms with E-state index >= 15 is 0 Å². The van der Waals surface area contributed by atoms with Crippen LogP contribution >= 0.6 is 0 Å². The lowest BCUT2D eigenvalue weighted by molar-refractivity contribution is 0.155. The van der Waals surface area contributed by atoms with Crippen molar-refractivity contribution in [3.05, 3.63) is 60.1 Å². The molecule has 158 valence electrons. The number of guanidine groups is 1. The molecule has 0 aliphatic carbocycles. The van der Waals surface area contributed by atoms with Crippen LogP contribution in [-0.2, 0) is 17.7 Å². The summed E-state index contributed by atoms with van der Waals surface area (Å²) in [4.78, 5) is 7.35. The van der Waals surface area contributed by atoms with Gasteiger partial charge in [-0.05, 0) is 37.0 Å². The van der Waals surface area contributed by atoms with E-state index < -0.39 is 0 Å². The predicted molar refractivity (Wildman–Crippen MR) is 117 cm³/mol. The van der Waals surface area contributed by atoms with Crippen LogP contribution in [0.1, 0.15) is 30.6 Å². The molecule has 1 aromatic carbocycles. The average Bonchev–Trinajstić information content (AvgIpc) is 3.27. The third kappa shape index (κ3) is 7.91. The van der Waals surface area contributed by atoms with Crippen LogP contribution in [0.25, 0.3) is 0 Å². The minimum atomic E-state index is 0.458. The molecule has 1 fully saturated rings. The number of nitrogens with zero attached hydrogens (tertiary/aromatic N) is 2. The summed E-state index contributed by atoms with van der Waals surface area (Å²) >= 11 is 0. The molecule has 0 atom stereocenters. The molecule has 0 bridgehead atoms. The number of methoxy groups -OCH3 is 1. The minimum absolute atomic E-state index is 0.458. The molecule has 6 nitrogen and oxygen atoms in total. The quantitative estimate of drug-likeness (QED) is 0.366. The van der Waals surface area contributed by atoms with E-state index in [1.165, 1.54) is 5.56 Å². The van der Waals surface area contributed by atoms with Crippen molar-refractivity contribution in [2.24, 2.45) is 4.99 Å². The monoisotopic (exact) mass is 398 g/mol. The van der Waals surface area contributed by atoms with Crippen molar-refractivity contribution in [2.45, 2.75) is 38.3 Å². The SMILES string of the molecule is COCCCN1CCC(NC(=NCc2ccccc2)NCCc2ccco2)CC1. The number of ether oxygens (including phenoxy) is 1. The van der Waals surface area contributed by atoms with E-state index in [0.717, 1.165) is 70.2 Å². The third-order valence-electron chi connectivity index (χ3n) is 5.26. The Bertz CT molecular complexity index is 695. The number of hydrogen-bond acceptors (Lipinski definition) is 4. The smallest absolute Gasteiger partial charge is 0.191 e. The zero-order chi connectivity index (χ0) is 20.2. The Hall–Kier alpha value is -2.31. The number of likely N-dealkylation sites (tertiary alicyclic amines) is 1. The molecule has 29 heavy (non-hydrogen) atoms. The van der Waals surface area contributed by atoms with Gasteiger partial charge in [0.15, 0.2) is 5.96 Å². The van der Waals surface area contributed by atoms with Gasteiger partial charge in [-0.15, -0.1) is 0 Å². The van der Waals surface area contributed by atoms with Gasteiger partial charge in [0.2, 0.25) is 0 Å². The first-order chi connectivity index (χ1) is 14.3. The van der Waals surface area contributed by atoms with Crippen molar-refractivity contribution >= 4 is 5.96 Å². The molecular weight excluding hydrogens is 364 g/mol. The van der Waals surface area contributed by atoms with E-state index in [4.69, 9.17) is 14.1 Å². The molecule has 0 amide bonds. The normalized spacial score (nSPS) is 16.1. The molecule has 0 unspecified atom stereocenters. The van der Waals surface area contributed by atoms with E-state index in [9.17, 15) is 0 Å². The molecular formula is C23H34N4O2. The summed E-state index contributed by atoms with van der Waals surface area (Å²) < 4.78 is 10.6. The number of nitrogens with one attached hydrogen (secondary N) is 2.